The molecule has 2 aromatic rings. The SMILES string of the molecule is CCCCOc1ccc(C(=O)NCC(=O)NCC2(c3ccc(Cl)cc3)CCOCC2)cc1. The van der Waals surface area contributed by atoms with Gasteiger partial charge in [0.1, 0.15) is 5.75 Å². The van der Waals surface area contributed by atoms with Gasteiger partial charge in [-0.25, -0.2) is 0 Å². The van der Waals surface area contributed by atoms with E-state index in [0.717, 1.165) is 37.0 Å². The third kappa shape index (κ3) is 6.71. The van der Waals surface area contributed by atoms with Crippen LogP contribution in [0.15, 0.2) is 48.5 Å². The Labute approximate surface area is 194 Å². The number of ether oxygens (including phenoxy) is 2. The van der Waals surface area contributed by atoms with E-state index in [-0.39, 0.29) is 23.8 Å². The molecular weight excluding hydrogens is 428 g/mol. The van der Waals surface area contributed by atoms with Crippen LogP contribution in [0.4, 0.5) is 0 Å². The summed E-state index contributed by atoms with van der Waals surface area (Å²) in [6.45, 7) is 4.46. The molecule has 0 saturated carbocycles. The van der Waals surface area contributed by atoms with E-state index in [2.05, 4.69) is 17.6 Å². The summed E-state index contributed by atoms with van der Waals surface area (Å²) < 4.78 is 11.1. The second-order valence-corrected chi connectivity index (χ2v) is 8.52. The second-order valence-electron chi connectivity index (χ2n) is 8.09. The molecule has 1 fully saturated rings. The van der Waals surface area contributed by atoms with Gasteiger partial charge in [-0.05, 0) is 61.2 Å². The van der Waals surface area contributed by atoms with Gasteiger partial charge < -0.3 is 20.1 Å². The highest BCUT2D eigenvalue weighted by molar-refractivity contribution is 6.30. The van der Waals surface area contributed by atoms with Crippen molar-refractivity contribution in [3.05, 3.63) is 64.7 Å². The summed E-state index contributed by atoms with van der Waals surface area (Å²) in [5.41, 5.74) is 1.43. The van der Waals surface area contributed by atoms with Gasteiger partial charge in [-0.3, -0.25) is 9.59 Å². The third-order valence-corrected chi connectivity index (χ3v) is 6.08. The van der Waals surface area contributed by atoms with E-state index in [1.165, 1.54) is 0 Å². The Kier molecular flexibility index (Phi) is 8.94. The number of halogens is 1. The number of rotatable bonds is 10. The average molecular weight is 459 g/mol. The first-order chi connectivity index (χ1) is 15.5. The highest BCUT2D eigenvalue weighted by Crippen LogP contribution is 2.34. The van der Waals surface area contributed by atoms with E-state index in [0.29, 0.717) is 37.0 Å². The normalized spacial score (nSPS) is 15.1. The maximum atomic E-state index is 12.5. The van der Waals surface area contributed by atoms with Crippen molar-refractivity contribution in [2.24, 2.45) is 0 Å². The van der Waals surface area contributed by atoms with Gasteiger partial charge in [0.2, 0.25) is 5.91 Å². The van der Waals surface area contributed by atoms with Crippen LogP contribution in [0, 0.1) is 0 Å². The molecule has 172 valence electrons. The van der Waals surface area contributed by atoms with Crippen LogP contribution in [-0.4, -0.2) is 44.7 Å². The zero-order valence-electron chi connectivity index (χ0n) is 18.5. The van der Waals surface area contributed by atoms with Crippen LogP contribution >= 0.6 is 11.6 Å². The van der Waals surface area contributed by atoms with Crippen LogP contribution in [0.5, 0.6) is 5.75 Å². The van der Waals surface area contributed by atoms with E-state index in [4.69, 9.17) is 21.1 Å². The number of carbonyl (C=O) groups is 2. The number of hydrogen-bond donors (Lipinski definition) is 2. The summed E-state index contributed by atoms with van der Waals surface area (Å²) >= 11 is 6.04. The molecule has 1 heterocycles. The Balaban J connectivity index is 1.50. The van der Waals surface area contributed by atoms with Gasteiger partial charge in [0.15, 0.2) is 0 Å². The summed E-state index contributed by atoms with van der Waals surface area (Å²) in [7, 11) is 0. The van der Waals surface area contributed by atoms with Gasteiger partial charge in [0.25, 0.3) is 5.91 Å². The van der Waals surface area contributed by atoms with Gasteiger partial charge in [0, 0.05) is 35.8 Å². The Morgan fingerprint density at radius 1 is 1.03 bits per heavy atom. The van der Waals surface area contributed by atoms with E-state index in [1.54, 1.807) is 24.3 Å². The lowest BCUT2D eigenvalue weighted by molar-refractivity contribution is -0.120. The predicted octanol–water partition coefficient (Wildman–Crippen LogP) is 4.11. The van der Waals surface area contributed by atoms with Crippen molar-refractivity contribution in [2.45, 2.75) is 38.0 Å². The molecular formula is C25H31ClN2O4. The van der Waals surface area contributed by atoms with Crippen molar-refractivity contribution in [1.29, 1.82) is 0 Å². The monoisotopic (exact) mass is 458 g/mol. The second kappa shape index (κ2) is 11.9. The van der Waals surface area contributed by atoms with Gasteiger partial charge >= 0.3 is 0 Å². The minimum Gasteiger partial charge on any atom is -0.494 e. The summed E-state index contributed by atoms with van der Waals surface area (Å²) in [6, 6.07) is 14.7. The van der Waals surface area contributed by atoms with Gasteiger partial charge in [0.05, 0.1) is 13.2 Å². The average Bonchev–Trinajstić information content (AvgIpc) is 2.83. The first kappa shape index (κ1) is 24.1. The number of unbranched alkanes of at least 4 members (excludes halogenated alkanes) is 1. The van der Waals surface area contributed by atoms with Crippen molar-refractivity contribution < 1.29 is 19.1 Å². The molecule has 32 heavy (non-hydrogen) atoms. The predicted molar refractivity (Wildman–Crippen MR) is 125 cm³/mol. The van der Waals surface area contributed by atoms with Gasteiger partial charge in [-0.1, -0.05) is 37.1 Å². The van der Waals surface area contributed by atoms with Crippen LogP contribution in [0.2, 0.25) is 5.02 Å². The van der Waals surface area contributed by atoms with Crippen molar-refractivity contribution >= 4 is 23.4 Å². The van der Waals surface area contributed by atoms with Crippen molar-refractivity contribution in [3.63, 3.8) is 0 Å². The smallest absolute Gasteiger partial charge is 0.251 e. The number of nitrogens with one attached hydrogen (secondary N) is 2. The fraction of sp³-hybridized carbons (Fsp3) is 0.440. The molecule has 0 bridgehead atoms. The minimum atomic E-state index is -0.293. The van der Waals surface area contributed by atoms with Crippen LogP contribution in [0.3, 0.4) is 0 Å². The maximum absolute atomic E-state index is 12.5. The zero-order chi connectivity index (χ0) is 22.8. The third-order valence-electron chi connectivity index (χ3n) is 5.82. The molecule has 6 nitrogen and oxygen atoms in total. The lowest BCUT2D eigenvalue weighted by Gasteiger charge is -2.38. The van der Waals surface area contributed by atoms with Gasteiger partial charge in [-0.15, -0.1) is 0 Å². The molecule has 1 aliphatic heterocycles. The first-order valence-electron chi connectivity index (χ1n) is 11.1. The summed E-state index contributed by atoms with van der Waals surface area (Å²) in [5.74, 6) is 0.216. The van der Waals surface area contributed by atoms with E-state index >= 15 is 0 Å². The molecule has 2 N–H and O–H groups in total. The Morgan fingerprint density at radius 3 is 2.38 bits per heavy atom. The Hall–Kier alpha value is -2.57. The molecule has 1 saturated heterocycles. The fourth-order valence-corrected chi connectivity index (χ4v) is 3.89. The van der Waals surface area contributed by atoms with Crippen molar-refractivity contribution in [1.82, 2.24) is 10.6 Å². The molecule has 3 rings (SSSR count). The van der Waals surface area contributed by atoms with Crippen molar-refractivity contribution in [2.75, 3.05) is 32.9 Å². The Morgan fingerprint density at radius 2 is 1.72 bits per heavy atom. The van der Waals surface area contributed by atoms with Crippen LogP contribution in [0.25, 0.3) is 0 Å². The van der Waals surface area contributed by atoms with E-state index < -0.39 is 0 Å². The first-order valence-corrected chi connectivity index (χ1v) is 11.5. The topological polar surface area (TPSA) is 76.7 Å². The molecule has 0 aliphatic carbocycles. The molecule has 0 atom stereocenters. The van der Waals surface area contributed by atoms with Crippen LogP contribution < -0.4 is 15.4 Å². The molecule has 1 aliphatic rings. The fourth-order valence-electron chi connectivity index (χ4n) is 3.76. The number of carbonyl (C=O) groups excluding carboxylic acids is 2. The minimum absolute atomic E-state index is 0.0826. The molecule has 0 aromatic heterocycles. The van der Waals surface area contributed by atoms with Crippen molar-refractivity contribution in [3.8, 4) is 5.75 Å². The van der Waals surface area contributed by atoms with Crippen LogP contribution in [0.1, 0.15) is 48.5 Å². The van der Waals surface area contributed by atoms with Gasteiger partial charge in [-0.2, -0.15) is 0 Å². The molecule has 0 spiro atoms. The standard InChI is InChI=1S/C25H31ClN2O4/c1-2-3-14-32-22-10-4-19(5-11-22)24(30)27-17-23(29)28-18-25(12-15-31-16-13-25)20-6-8-21(26)9-7-20/h4-11H,2-3,12-18H2,1H3,(H,27,30)(H,28,29). The molecule has 0 unspecified atom stereocenters. The van der Waals surface area contributed by atoms with Crippen LogP contribution in [-0.2, 0) is 14.9 Å². The molecule has 0 radical (unpaired) electrons. The van der Waals surface area contributed by atoms with E-state index in [1.807, 2.05) is 24.3 Å². The number of benzene rings is 2. The summed E-state index contributed by atoms with van der Waals surface area (Å²) in [4.78, 5) is 24.8. The summed E-state index contributed by atoms with van der Waals surface area (Å²) in [5, 5.41) is 6.36. The molecule has 2 aromatic carbocycles. The highest BCUT2D eigenvalue weighted by atomic mass is 35.5. The molecule has 2 amide bonds. The zero-order valence-corrected chi connectivity index (χ0v) is 19.2. The number of hydrogen-bond acceptors (Lipinski definition) is 4. The maximum Gasteiger partial charge on any atom is 0.251 e. The largest absolute Gasteiger partial charge is 0.494 e. The lowest BCUT2D eigenvalue weighted by Crippen LogP contribution is -2.47. The van der Waals surface area contributed by atoms with E-state index in [9.17, 15) is 9.59 Å². The molecule has 7 heteroatoms. The lowest BCUT2D eigenvalue weighted by atomic mass is 9.74. The quantitative estimate of drug-likeness (QED) is 0.525. The number of amides is 2. The summed E-state index contributed by atoms with van der Waals surface area (Å²) in [6.07, 6.45) is 3.68. The highest BCUT2D eigenvalue weighted by Gasteiger charge is 2.34. The Bertz CT molecular complexity index is 878.